The number of likely N-dealkylation sites (N-methyl/N-ethyl adjacent to an activating group) is 1. The van der Waals surface area contributed by atoms with E-state index < -0.39 is 27.9 Å². The number of amides is 1. The third-order valence-electron chi connectivity index (χ3n) is 3.44. The first-order valence-electron chi connectivity index (χ1n) is 7.28. The molecular formula is C15H22N2O5S2. The molecule has 0 spiro atoms. The largest absolute Gasteiger partial charge is 0.481 e. The van der Waals surface area contributed by atoms with Crippen LogP contribution in [0.25, 0.3) is 0 Å². The molecule has 134 valence electrons. The average Bonchev–Trinajstić information content (AvgIpc) is 2.53. The molecule has 1 amide bonds. The summed E-state index contributed by atoms with van der Waals surface area (Å²) in [5.41, 5.74) is 0.657. The van der Waals surface area contributed by atoms with Gasteiger partial charge in [-0.05, 0) is 30.9 Å². The van der Waals surface area contributed by atoms with E-state index in [1.165, 1.54) is 14.0 Å². The Bertz CT molecular complexity index is 674. The Hall–Kier alpha value is -1.58. The molecule has 1 aromatic rings. The van der Waals surface area contributed by atoms with Gasteiger partial charge in [-0.25, -0.2) is 8.42 Å². The van der Waals surface area contributed by atoms with Crippen LogP contribution in [0.1, 0.15) is 24.9 Å². The monoisotopic (exact) mass is 374 g/mol. The molecule has 2 N–H and O–H groups in total. The Morgan fingerprint density at radius 3 is 2.33 bits per heavy atom. The van der Waals surface area contributed by atoms with E-state index in [0.717, 1.165) is 9.20 Å². The van der Waals surface area contributed by atoms with Gasteiger partial charge in [0, 0.05) is 11.9 Å². The summed E-state index contributed by atoms with van der Waals surface area (Å²) in [6.07, 6.45) is 1.64. The normalized spacial score (nSPS) is 12.8. The predicted molar refractivity (Wildman–Crippen MR) is 93.5 cm³/mol. The van der Waals surface area contributed by atoms with Crippen molar-refractivity contribution in [2.24, 2.45) is 0 Å². The fourth-order valence-corrected chi connectivity index (χ4v) is 3.19. The van der Waals surface area contributed by atoms with Crippen LogP contribution in [0.2, 0.25) is 0 Å². The second kappa shape index (κ2) is 9.05. The molecule has 9 heteroatoms. The molecule has 0 saturated heterocycles. The maximum Gasteiger partial charge on any atom is 0.305 e. The van der Waals surface area contributed by atoms with Crippen molar-refractivity contribution in [1.82, 2.24) is 9.62 Å². The molecule has 0 radical (unpaired) electrons. The van der Waals surface area contributed by atoms with Crippen molar-refractivity contribution in [1.29, 1.82) is 0 Å². The summed E-state index contributed by atoms with van der Waals surface area (Å²) < 4.78 is 24.3. The van der Waals surface area contributed by atoms with E-state index in [0.29, 0.717) is 5.56 Å². The van der Waals surface area contributed by atoms with Gasteiger partial charge in [0.25, 0.3) is 0 Å². The number of aliphatic carboxylic acids is 1. The number of carboxylic acid groups (broad SMARTS) is 1. The molecule has 0 aliphatic heterocycles. The number of carbonyl (C=O) groups is 2. The third-order valence-corrected chi connectivity index (χ3v) is 5.99. The molecule has 0 fully saturated rings. The number of hydrogen-bond donors (Lipinski definition) is 2. The Morgan fingerprint density at radius 2 is 1.88 bits per heavy atom. The molecular weight excluding hydrogens is 352 g/mol. The summed E-state index contributed by atoms with van der Waals surface area (Å²) in [4.78, 5) is 24.2. The zero-order valence-corrected chi connectivity index (χ0v) is 15.5. The van der Waals surface area contributed by atoms with Crippen LogP contribution in [0.5, 0.6) is 0 Å². The molecule has 0 heterocycles. The van der Waals surface area contributed by atoms with Crippen LogP contribution >= 0.6 is 11.8 Å². The van der Waals surface area contributed by atoms with E-state index in [-0.39, 0.29) is 18.7 Å². The smallest absolute Gasteiger partial charge is 0.305 e. The van der Waals surface area contributed by atoms with Crippen LogP contribution in [0.3, 0.4) is 0 Å². The van der Waals surface area contributed by atoms with E-state index in [9.17, 15) is 18.0 Å². The molecule has 24 heavy (non-hydrogen) atoms. The number of carbonyl (C=O) groups excluding carboxylic acids is 1. The van der Waals surface area contributed by atoms with E-state index >= 15 is 0 Å². The molecule has 1 unspecified atom stereocenters. The first-order chi connectivity index (χ1) is 11.2. The third kappa shape index (κ3) is 6.14. The highest BCUT2D eigenvalue weighted by atomic mass is 32.2. The zero-order chi connectivity index (χ0) is 18.3. The number of nitrogens with one attached hydrogen (secondary N) is 1. The van der Waals surface area contributed by atoms with Gasteiger partial charge < -0.3 is 10.4 Å². The number of benzene rings is 1. The van der Waals surface area contributed by atoms with Gasteiger partial charge in [0.15, 0.2) is 0 Å². The molecule has 7 nitrogen and oxygen atoms in total. The topological polar surface area (TPSA) is 104 Å². The molecule has 0 aromatic heterocycles. The molecule has 0 bridgehead atoms. The van der Waals surface area contributed by atoms with Gasteiger partial charge in [0.05, 0.1) is 24.8 Å². The number of hydrogen-bond acceptors (Lipinski definition) is 5. The molecule has 0 aliphatic carbocycles. The highest BCUT2D eigenvalue weighted by molar-refractivity contribution is 7.98. The SMILES string of the molecule is CCS(=O)(=O)N(C)CC(=O)NC(CC(=O)O)c1ccc(SC)cc1. The molecule has 0 aliphatic rings. The van der Waals surface area contributed by atoms with Gasteiger partial charge in [-0.2, -0.15) is 4.31 Å². The Morgan fingerprint density at radius 1 is 1.29 bits per heavy atom. The number of carboxylic acids is 1. The first kappa shape index (κ1) is 20.5. The van der Waals surface area contributed by atoms with Crippen molar-refractivity contribution < 1.29 is 23.1 Å². The Balaban J connectivity index is 2.85. The number of thioether (sulfide) groups is 1. The fourth-order valence-electron chi connectivity index (χ4n) is 2.02. The van der Waals surface area contributed by atoms with Crippen molar-refractivity contribution in [2.45, 2.75) is 24.3 Å². The van der Waals surface area contributed by atoms with Gasteiger partial charge in [0.2, 0.25) is 15.9 Å². The lowest BCUT2D eigenvalue weighted by molar-refractivity contribution is -0.137. The van der Waals surface area contributed by atoms with E-state index in [2.05, 4.69) is 5.32 Å². The van der Waals surface area contributed by atoms with Gasteiger partial charge >= 0.3 is 5.97 Å². The lowest BCUT2D eigenvalue weighted by atomic mass is 10.0. The summed E-state index contributed by atoms with van der Waals surface area (Å²) >= 11 is 1.55. The minimum absolute atomic E-state index is 0.106. The Kier molecular flexibility index (Phi) is 7.71. The van der Waals surface area contributed by atoms with Crippen LogP contribution in [0.15, 0.2) is 29.2 Å². The second-order valence-electron chi connectivity index (χ2n) is 5.15. The standard InChI is InChI=1S/C15H22N2O5S2/c1-4-24(21,22)17(2)10-14(18)16-13(9-15(19)20)11-5-7-12(23-3)8-6-11/h5-8,13H,4,9-10H2,1-3H3,(H,16,18)(H,19,20). The molecule has 0 saturated carbocycles. The van der Waals surface area contributed by atoms with Crippen molar-refractivity contribution >= 4 is 33.7 Å². The first-order valence-corrected chi connectivity index (χ1v) is 10.1. The maximum atomic E-state index is 12.1. The van der Waals surface area contributed by atoms with E-state index in [1.807, 2.05) is 18.4 Å². The van der Waals surface area contributed by atoms with Crippen molar-refractivity contribution in [3.8, 4) is 0 Å². The van der Waals surface area contributed by atoms with Crippen molar-refractivity contribution in [2.75, 3.05) is 25.6 Å². The molecule has 1 atom stereocenters. The van der Waals surface area contributed by atoms with Gasteiger partial charge in [0.1, 0.15) is 0 Å². The minimum Gasteiger partial charge on any atom is -0.481 e. The minimum atomic E-state index is -3.47. The summed E-state index contributed by atoms with van der Waals surface area (Å²) in [7, 11) is -2.15. The van der Waals surface area contributed by atoms with E-state index in [4.69, 9.17) is 5.11 Å². The van der Waals surface area contributed by atoms with Crippen LogP contribution in [0, 0.1) is 0 Å². The lowest BCUT2D eigenvalue weighted by Crippen LogP contribution is -2.40. The highest BCUT2D eigenvalue weighted by Crippen LogP contribution is 2.21. The summed E-state index contributed by atoms with van der Waals surface area (Å²) in [5, 5.41) is 11.6. The summed E-state index contributed by atoms with van der Waals surface area (Å²) in [5.74, 6) is -1.70. The summed E-state index contributed by atoms with van der Waals surface area (Å²) in [6.45, 7) is 1.14. The highest BCUT2D eigenvalue weighted by Gasteiger charge is 2.22. The molecule has 1 aromatic carbocycles. The number of nitrogens with zero attached hydrogens (tertiary/aromatic N) is 1. The average molecular weight is 374 g/mol. The maximum absolute atomic E-state index is 12.1. The van der Waals surface area contributed by atoms with Crippen LogP contribution in [-0.2, 0) is 19.6 Å². The van der Waals surface area contributed by atoms with Gasteiger partial charge in [-0.3, -0.25) is 9.59 Å². The van der Waals surface area contributed by atoms with Crippen LogP contribution in [-0.4, -0.2) is 55.3 Å². The lowest BCUT2D eigenvalue weighted by Gasteiger charge is -2.20. The van der Waals surface area contributed by atoms with Gasteiger partial charge in [-0.1, -0.05) is 12.1 Å². The fraction of sp³-hybridized carbons (Fsp3) is 0.467. The number of sulfonamides is 1. The van der Waals surface area contributed by atoms with E-state index in [1.54, 1.807) is 23.9 Å². The Labute approximate surface area is 146 Å². The van der Waals surface area contributed by atoms with Crippen molar-refractivity contribution in [3.05, 3.63) is 29.8 Å². The predicted octanol–water partition coefficient (Wildman–Crippen LogP) is 1.32. The quantitative estimate of drug-likeness (QED) is 0.632. The van der Waals surface area contributed by atoms with Crippen molar-refractivity contribution in [3.63, 3.8) is 0 Å². The van der Waals surface area contributed by atoms with Crippen LogP contribution in [0.4, 0.5) is 0 Å². The molecule has 1 rings (SSSR count). The zero-order valence-electron chi connectivity index (χ0n) is 13.9. The van der Waals surface area contributed by atoms with Gasteiger partial charge in [-0.15, -0.1) is 11.8 Å². The summed E-state index contributed by atoms with van der Waals surface area (Å²) in [6, 6.07) is 6.48. The second-order valence-corrected chi connectivity index (χ2v) is 8.39. The van der Waals surface area contributed by atoms with Crippen LogP contribution < -0.4 is 5.32 Å². The number of rotatable bonds is 9.